The molecule has 1 heterocycles. The van der Waals surface area contributed by atoms with E-state index in [0.29, 0.717) is 5.69 Å². The van der Waals surface area contributed by atoms with Crippen molar-refractivity contribution in [3.05, 3.63) is 52.3 Å². The lowest BCUT2D eigenvalue weighted by Crippen LogP contribution is -2.01. The quantitative estimate of drug-likeness (QED) is 0.928. The van der Waals surface area contributed by atoms with Crippen LogP contribution in [-0.2, 0) is 6.61 Å². The Balaban J connectivity index is 2.14. The third-order valence-electron chi connectivity index (χ3n) is 2.43. The summed E-state index contributed by atoms with van der Waals surface area (Å²) in [6.07, 6.45) is 1.63. The summed E-state index contributed by atoms with van der Waals surface area (Å²) < 4.78 is 32.0. The molecule has 1 N–H and O–H groups in total. The smallest absolute Gasteiger partial charge is 0.169 e. The number of aromatic nitrogens is 1. The summed E-state index contributed by atoms with van der Waals surface area (Å²) in [7, 11) is 1.79. The molecule has 0 aliphatic heterocycles. The number of hydrogen-bond donors (Lipinski definition) is 1. The third kappa shape index (κ3) is 3.41. The fourth-order valence-electron chi connectivity index (χ4n) is 1.53. The van der Waals surface area contributed by atoms with Crippen molar-refractivity contribution in [2.75, 3.05) is 12.4 Å². The molecule has 100 valence electrons. The second kappa shape index (κ2) is 5.97. The maximum absolute atomic E-state index is 13.5. The van der Waals surface area contributed by atoms with Gasteiger partial charge in [0.1, 0.15) is 12.4 Å². The summed E-state index contributed by atoms with van der Waals surface area (Å²) in [6, 6.07) is 5.51. The monoisotopic (exact) mass is 328 g/mol. The molecule has 0 aliphatic rings. The lowest BCUT2D eigenvalue weighted by atomic mass is 10.3. The Bertz CT molecular complexity index is 570. The Morgan fingerprint density at radius 3 is 2.79 bits per heavy atom. The van der Waals surface area contributed by atoms with Crippen LogP contribution in [0.25, 0.3) is 0 Å². The molecule has 0 atom stereocenters. The van der Waals surface area contributed by atoms with Crippen molar-refractivity contribution in [3.63, 3.8) is 0 Å². The summed E-state index contributed by atoms with van der Waals surface area (Å²) in [5.41, 5.74) is 1.52. The molecule has 0 spiro atoms. The number of hydrogen-bond acceptors (Lipinski definition) is 3. The van der Waals surface area contributed by atoms with Gasteiger partial charge in [0.25, 0.3) is 0 Å². The van der Waals surface area contributed by atoms with Crippen LogP contribution in [0.1, 0.15) is 5.69 Å². The van der Waals surface area contributed by atoms with E-state index in [4.69, 9.17) is 4.74 Å². The molecule has 0 saturated heterocycles. The molecule has 0 amide bonds. The van der Waals surface area contributed by atoms with E-state index in [1.807, 2.05) is 0 Å². The molecular weight excluding hydrogens is 318 g/mol. The molecule has 0 radical (unpaired) electrons. The van der Waals surface area contributed by atoms with Gasteiger partial charge in [-0.25, -0.2) is 8.78 Å². The Labute approximate surface area is 117 Å². The van der Waals surface area contributed by atoms with Gasteiger partial charge in [-0.3, -0.25) is 4.98 Å². The van der Waals surface area contributed by atoms with Gasteiger partial charge in [-0.1, -0.05) is 0 Å². The molecule has 3 nitrogen and oxygen atoms in total. The summed E-state index contributed by atoms with van der Waals surface area (Å²) in [6.45, 7) is 0.0939. The predicted molar refractivity (Wildman–Crippen MR) is 72.2 cm³/mol. The van der Waals surface area contributed by atoms with Crippen LogP contribution in [0.4, 0.5) is 14.5 Å². The molecule has 2 rings (SSSR count). The van der Waals surface area contributed by atoms with Crippen molar-refractivity contribution in [1.29, 1.82) is 0 Å². The van der Waals surface area contributed by atoms with Crippen molar-refractivity contribution in [2.45, 2.75) is 6.61 Å². The lowest BCUT2D eigenvalue weighted by Gasteiger charge is -2.09. The van der Waals surface area contributed by atoms with Crippen LogP contribution in [-0.4, -0.2) is 12.0 Å². The topological polar surface area (TPSA) is 34.2 Å². The number of halogens is 3. The van der Waals surface area contributed by atoms with E-state index < -0.39 is 11.6 Å². The second-order valence-electron chi connectivity index (χ2n) is 3.77. The number of pyridine rings is 1. The zero-order valence-electron chi connectivity index (χ0n) is 10.1. The largest absolute Gasteiger partial charge is 0.483 e. The first-order valence-electron chi connectivity index (χ1n) is 5.50. The molecule has 0 bridgehead atoms. The number of rotatable bonds is 4. The van der Waals surface area contributed by atoms with E-state index in [2.05, 4.69) is 26.2 Å². The van der Waals surface area contributed by atoms with Crippen molar-refractivity contribution in [1.82, 2.24) is 4.98 Å². The predicted octanol–water partition coefficient (Wildman–Crippen LogP) is 3.74. The van der Waals surface area contributed by atoms with E-state index in [1.54, 1.807) is 25.4 Å². The Morgan fingerprint density at radius 1 is 1.32 bits per heavy atom. The van der Waals surface area contributed by atoms with Crippen LogP contribution < -0.4 is 10.1 Å². The lowest BCUT2D eigenvalue weighted by molar-refractivity contribution is 0.283. The van der Waals surface area contributed by atoms with Crippen molar-refractivity contribution < 1.29 is 13.5 Å². The van der Waals surface area contributed by atoms with Gasteiger partial charge in [-0.2, -0.15) is 0 Å². The summed E-state index contributed by atoms with van der Waals surface area (Å²) >= 11 is 3.06. The SMILES string of the molecule is CNc1ccnc(COc2c(F)cc(F)cc2Br)c1. The van der Waals surface area contributed by atoms with Crippen LogP contribution >= 0.6 is 15.9 Å². The minimum Gasteiger partial charge on any atom is -0.483 e. The number of nitrogens with one attached hydrogen (secondary N) is 1. The van der Waals surface area contributed by atoms with Crippen LogP contribution in [0, 0.1) is 11.6 Å². The van der Waals surface area contributed by atoms with Gasteiger partial charge in [0, 0.05) is 25.0 Å². The highest BCUT2D eigenvalue weighted by Gasteiger charge is 2.11. The number of benzene rings is 1. The minimum absolute atomic E-state index is 0.0296. The molecule has 0 unspecified atom stereocenters. The van der Waals surface area contributed by atoms with Crippen LogP contribution in [0.2, 0.25) is 0 Å². The van der Waals surface area contributed by atoms with Gasteiger partial charge >= 0.3 is 0 Å². The molecule has 0 fully saturated rings. The first-order valence-corrected chi connectivity index (χ1v) is 6.29. The van der Waals surface area contributed by atoms with Gasteiger partial charge in [0.05, 0.1) is 10.2 Å². The molecular formula is C13H11BrF2N2O. The normalized spacial score (nSPS) is 10.3. The van der Waals surface area contributed by atoms with E-state index in [-0.39, 0.29) is 16.8 Å². The van der Waals surface area contributed by atoms with E-state index in [0.717, 1.165) is 17.8 Å². The first kappa shape index (κ1) is 13.7. The van der Waals surface area contributed by atoms with Crippen molar-refractivity contribution in [2.24, 2.45) is 0 Å². The number of ether oxygens (including phenoxy) is 1. The molecule has 19 heavy (non-hydrogen) atoms. The van der Waals surface area contributed by atoms with E-state index in [1.165, 1.54) is 0 Å². The zero-order chi connectivity index (χ0) is 13.8. The third-order valence-corrected chi connectivity index (χ3v) is 3.02. The number of anilines is 1. The first-order chi connectivity index (χ1) is 9.10. The summed E-state index contributed by atoms with van der Waals surface area (Å²) in [5, 5.41) is 2.97. The van der Waals surface area contributed by atoms with Gasteiger partial charge in [-0.15, -0.1) is 0 Å². The summed E-state index contributed by atoms with van der Waals surface area (Å²) in [4.78, 5) is 4.10. The van der Waals surface area contributed by atoms with Crippen LogP contribution in [0.5, 0.6) is 5.75 Å². The standard InChI is InChI=1S/C13H11BrF2N2O/c1-17-9-2-3-18-10(6-9)7-19-13-11(14)4-8(15)5-12(13)16/h2-6H,7H2,1H3,(H,17,18). The van der Waals surface area contributed by atoms with Gasteiger partial charge in [0.2, 0.25) is 0 Å². The van der Waals surface area contributed by atoms with Gasteiger partial charge in [-0.05, 0) is 34.1 Å². The zero-order valence-corrected chi connectivity index (χ0v) is 11.7. The molecule has 6 heteroatoms. The minimum atomic E-state index is -0.753. The van der Waals surface area contributed by atoms with Crippen LogP contribution in [0.3, 0.4) is 0 Å². The van der Waals surface area contributed by atoms with Crippen molar-refractivity contribution >= 4 is 21.6 Å². The van der Waals surface area contributed by atoms with Crippen LogP contribution in [0.15, 0.2) is 34.9 Å². The average Bonchev–Trinajstić information content (AvgIpc) is 2.37. The highest BCUT2D eigenvalue weighted by molar-refractivity contribution is 9.10. The second-order valence-corrected chi connectivity index (χ2v) is 4.63. The average molecular weight is 329 g/mol. The van der Waals surface area contributed by atoms with Gasteiger partial charge in [0.15, 0.2) is 11.6 Å². The molecule has 1 aromatic carbocycles. The maximum atomic E-state index is 13.5. The molecule has 2 aromatic rings. The highest BCUT2D eigenvalue weighted by Crippen LogP contribution is 2.29. The number of nitrogens with zero attached hydrogens (tertiary/aromatic N) is 1. The Kier molecular flexibility index (Phi) is 4.31. The summed E-state index contributed by atoms with van der Waals surface area (Å²) in [5.74, 6) is -1.44. The Morgan fingerprint density at radius 2 is 2.11 bits per heavy atom. The fraction of sp³-hybridized carbons (Fsp3) is 0.154. The van der Waals surface area contributed by atoms with Gasteiger partial charge < -0.3 is 10.1 Å². The van der Waals surface area contributed by atoms with E-state index >= 15 is 0 Å². The van der Waals surface area contributed by atoms with Crippen molar-refractivity contribution in [3.8, 4) is 5.75 Å². The molecule has 1 aromatic heterocycles. The Hall–Kier alpha value is -1.69. The maximum Gasteiger partial charge on any atom is 0.169 e. The fourth-order valence-corrected chi connectivity index (χ4v) is 2.05. The molecule has 0 aliphatic carbocycles. The van der Waals surface area contributed by atoms with E-state index in [9.17, 15) is 8.78 Å². The highest BCUT2D eigenvalue weighted by atomic mass is 79.9. The molecule has 0 saturated carbocycles.